The quantitative estimate of drug-likeness (QED) is 0.423. The van der Waals surface area contributed by atoms with Gasteiger partial charge in [0.1, 0.15) is 0 Å². The normalized spacial score (nSPS) is 15.0. The van der Waals surface area contributed by atoms with E-state index in [4.69, 9.17) is 0 Å². The van der Waals surface area contributed by atoms with Gasteiger partial charge in [0.2, 0.25) is 0 Å². The van der Waals surface area contributed by atoms with E-state index in [-0.39, 0.29) is 6.10 Å². The number of unbranched alkanes of at least 4 members (excludes halogenated alkanes) is 7. The Hall–Kier alpha value is -0.0400. The molecule has 0 saturated heterocycles. The van der Waals surface area contributed by atoms with Gasteiger partial charge in [-0.1, -0.05) is 71.6 Å². The van der Waals surface area contributed by atoms with E-state index in [1.165, 1.54) is 57.8 Å². The summed E-state index contributed by atoms with van der Waals surface area (Å²) in [6, 6.07) is 0. The summed E-state index contributed by atoms with van der Waals surface area (Å²) in [6.07, 6.45) is 12.8. The summed E-state index contributed by atoms with van der Waals surface area (Å²) in [5.74, 6) is 0.632. The zero-order valence-corrected chi connectivity index (χ0v) is 11.6. The molecule has 0 spiro atoms. The molecule has 0 aromatic heterocycles. The minimum atomic E-state index is -0.371. The Labute approximate surface area is 103 Å². The first kappa shape index (κ1) is 16.0. The van der Waals surface area contributed by atoms with Gasteiger partial charge in [-0.3, -0.25) is 0 Å². The van der Waals surface area contributed by atoms with Crippen molar-refractivity contribution in [2.24, 2.45) is 5.92 Å². The second-order valence-electron chi connectivity index (χ2n) is 5.42. The largest absolute Gasteiger partial charge is 0.233 e. The fourth-order valence-corrected chi connectivity index (χ4v) is 2.31. The smallest absolute Gasteiger partial charge is 0.0904 e. The van der Waals surface area contributed by atoms with Gasteiger partial charge in [0.25, 0.3) is 0 Å². The van der Waals surface area contributed by atoms with Gasteiger partial charge >= 0.3 is 0 Å². The van der Waals surface area contributed by atoms with E-state index in [1.54, 1.807) is 6.92 Å². The van der Waals surface area contributed by atoms with E-state index in [0.717, 1.165) is 6.42 Å². The SMILES string of the molecule is CCCCCCCCCCC(C)CC(C)[O]. The summed E-state index contributed by atoms with van der Waals surface area (Å²) in [4.78, 5) is 0. The van der Waals surface area contributed by atoms with Gasteiger partial charge in [0.05, 0.1) is 6.10 Å². The summed E-state index contributed by atoms with van der Waals surface area (Å²) in [6.45, 7) is 6.26. The molecule has 1 radical (unpaired) electrons. The molecule has 0 saturated carbocycles. The van der Waals surface area contributed by atoms with E-state index >= 15 is 0 Å². The molecule has 0 bridgehead atoms. The Morgan fingerprint density at radius 2 is 1.31 bits per heavy atom. The average Bonchev–Trinajstić information content (AvgIpc) is 2.21. The highest BCUT2D eigenvalue weighted by atomic mass is 16.3. The van der Waals surface area contributed by atoms with Gasteiger partial charge < -0.3 is 0 Å². The van der Waals surface area contributed by atoms with Crippen molar-refractivity contribution in [3.63, 3.8) is 0 Å². The van der Waals surface area contributed by atoms with Gasteiger partial charge in [0.15, 0.2) is 0 Å². The van der Waals surface area contributed by atoms with Crippen molar-refractivity contribution in [2.75, 3.05) is 0 Å². The number of hydrogen-bond acceptors (Lipinski definition) is 0. The van der Waals surface area contributed by atoms with Crippen LogP contribution in [0.15, 0.2) is 0 Å². The third-order valence-electron chi connectivity index (χ3n) is 3.28. The molecule has 0 aliphatic heterocycles. The van der Waals surface area contributed by atoms with E-state index in [2.05, 4.69) is 13.8 Å². The summed E-state index contributed by atoms with van der Waals surface area (Å²) >= 11 is 0. The molecule has 0 rings (SSSR count). The molecule has 0 aromatic rings. The molecular formula is C15H31O. The fraction of sp³-hybridized carbons (Fsp3) is 1.00. The first-order valence-corrected chi connectivity index (χ1v) is 7.32. The van der Waals surface area contributed by atoms with Crippen LogP contribution < -0.4 is 0 Å². The molecule has 16 heavy (non-hydrogen) atoms. The second-order valence-corrected chi connectivity index (χ2v) is 5.42. The third-order valence-corrected chi connectivity index (χ3v) is 3.28. The molecule has 2 unspecified atom stereocenters. The highest BCUT2D eigenvalue weighted by Gasteiger charge is 2.06. The fourth-order valence-electron chi connectivity index (χ4n) is 2.31. The minimum Gasteiger partial charge on any atom is -0.233 e. The van der Waals surface area contributed by atoms with Crippen LogP contribution in [0, 0.1) is 5.92 Å². The monoisotopic (exact) mass is 227 g/mol. The average molecular weight is 227 g/mol. The van der Waals surface area contributed by atoms with Gasteiger partial charge in [-0.25, -0.2) is 5.11 Å². The topological polar surface area (TPSA) is 19.9 Å². The molecule has 1 heteroatoms. The van der Waals surface area contributed by atoms with Crippen LogP contribution in [0.5, 0.6) is 0 Å². The third kappa shape index (κ3) is 12.0. The zero-order valence-electron chi connectivity index (χ0n) is 11.6. The second kappa shape index (κ2) is 11.4. The van der Waals surface area contributed by atoms with E-state index in [9.17, 15) is 5.11 Å². The van der Waals surface area contributed by atoms with Crippen LogP contribution in [0.4, 0.5) is 0 Å². The maximum absolute atomic E-state index is 11.0. The summed E-state index contributed by atoms with van der Waals surface area (Å²) in [5, 5.41) is 11.0. The summed E-state index contributed by atoms with van der Waals surface area (Å²) < 4.78 is 0. The number of rotatable bonds is 11. The van der Waals surface area contributed by atoms with Crippen LogP contribution in [0.3, 0.4) is 0 Å². The lowest BCUT2D eigenvalue weighted by Crippen LogP contribution is -2.05. The molecule has 0 amide bonds. The van der Waals surface area contributed by atoms with Crippen molar-refractivity contribution in [1.82, 2.24) is 0 Å². The zero-order chi connectivity index (χ0) is 12.2. The van der Waals surface area contributed by atoms with Gasteiger partial charge in [-0.15, -0.1) is 0 Å². The van der Waals surface area contributed by atoms with Crippen molar-refractivity contribution >= 4 is 0 Å². The van der Waals surface area contributed by atoms with Crippen LogP contribution in [0.1, 0.15) is 85.0 Å². The van der Waals surface area contributed by atoms with E-state index in [0.29, 0.717) is 5.92 Å². The molecule has 0 heterocycles. The maximum atomic E-state index is 11.0. The molecule has 0 fully saturated rings. The van der Waals surface area contributed by atoms with Crippen LogP contribution >= 0.6 is 0 Å². The molecule has 2 atom stereocenters. The minimum absolute atomic E-state index is 0.371. The molecule has 0 aliphatic rings. The lowest BCUT2D eigenvalue weighted by Gasteiger charge is -2.11. The first-order chi connectivity index (χ1) is 7.66. The highest BCUT2D eigenvalue weighted by Crippen LogP contribution is 2.16. The molecule has 0 N–H and O–H groups in total. The van der Waals surface area contributed by atoms with Crippen LogP contribution in [-0.4, -0.2) is 6.10 Å². The predicted molar refractivity (Wildman–Crippen MR) is 71.2 cm³/mol. The molecule has 1 nitrogen and oxygen atoms in total. The Balaban J connectivity index is 3.08. The summed E-state index contributed by atoms with van der Waals surface area (Å²) in [7, 11) is 0. The Morgan fingerprint density at radius 3 is 1.81 bits per heavy atom. The van der Waals surface area contributed by atoms with Gasteiger partial charge in [-0.05, 0) is 19.3 Å². The van der Waals surface area contributed by atoms with Crippen LogP contribution in [0.2, 0.25) is 0 Å². The number of hydrogen-bond donors (Lipinski definition) is 0. The molecule has 0 aromatic carbocycles. The lowest BCUT2D eigenvalue weighted by molar-refractivity contribution is 0.0823. The van der Waals surface area contributed by atoms with Crippen molar-refractivity contribution in [3.8, 4) is 0 Å². The van der Waals surface area contributed by atoms with Gasteiger partial charge in [-0.2, -0.15) is 0 Å². The van der Waals surface area contributed by atoms with Gasteiger partial charge in [0, 0.05) is 0 Å². The van der Waals surface area contributed by atoms with Crippen LogP contribution in [-0.2, 0) is 5.11 Å². The Kier molecular flexibility index (Phi) is 11.4. The van der Waals surface area contributed by atoms with Crippen molar-refractivity contribution < 1.29 is 5.11 Å². The Morgan fingerprint density at radius 1 is 0.812 bits per heavy atom. The predicted octanol–water partition coefficient (Wildman–Crippen LogP) is 5.36. The van der Waals surface area contributed by atoms with Crippen molar-refractivity contribution in [3.05, 3.63) is 0 Å². The molecule has 0 aliphatic carbocycles. The van der Waals surface area contributed by atoms with E-state index < -0.39 is 0 Å². The standard InChI is InChI=1S/C15H31O/c1-4-5-6-7-8-9-10-11-12-14(2)13-15(3)16/h14-15H,4-13H2,1-3H3. The van der Waals surface area contributed by atoms with E-state index in [1.807, 2.05) is 0 Å². The lowest BCUT2D eigenvalue weighted by atomic mass is 9.97. The molecule has 97 valence electrons. The van der Waals surface area contributed by atoms with Crippen molar-refractivity contribution in [2.45, 2.75) is 91.1 Å². The first-order valence-electron chi connectivity index (χ1n) is 7.32. The Bertz CT molecular complexity index is 131. The summed E-state index contributed by atoms with van der Waals surface area (Å²) in [5.41, 5.74) is 0. The van der Waals surface area contributed by atoms with Crippen LogP contribution in [0.25, 0.3) is 0 Å². The molecular weight excluding hydrogens is 196 g/mol. The highest BCUT2D eigenvalue weighted by molar-refractivity contribution is 4.57. The van der Waals surface area contributed by atoms with Crippen molar-refractivity contribution in [1.29, 1.82) is 0 Å². The maximum Gasteiger partial charge on any atom is 0.0904 e.